The second-order valence-corrected chi connectivity index (χ2v) is 11.7. The first-order valence-corrected chi connectivity index (χ1v) is 15.4. The van der Waals surface area contributed by atoms with Gasteiger partial charge >= 0.3 is 0 Å². The van der Waals surface area contributed by atoms with Crippen molar-refractivity contribution < 1.29 is 0 Å². The summed E-state index contributed by atoms with van der Waals surface area (Å²) >= 11 is 0. The fourth-order valence-electron chi connectivity index (χ4n) is 7.43. The number of hydrogen-bond donors (Lipinski definition) is 0. The molecule has 0 unspecified atom stereocenters. The predicted octanol–water partition coefficient (Wildman–Crippen LogP) is 10.5. The molecule has 45 heavy (non-hydrogen) atoms. The fraction of sp³-hybridized carbons (Fsp3) is 0.0233. The SMILES string of the molecule is c1ccc(-c2cc3c(cc2-c2ccc4ccc5cccnc5c4n2)C(c2ccccc2)(c2ccccc2)c2ccccc2-3)cc1. The van der Waals surface area contributed by atoms with Crippen molar-refractivity contribution in [1.82, 2.24) is 9.97 Å². The lowest BCUT2D eigenvalue weighted by Crippen LogP contribution is -2.28. The van der Waals surface area contributed by atoms with Gasteiger partial charge in [0, 0.05) is 22.5 Å². The van der Waals surface area contributed by atoms with Gasteiger partial charge in [0.15, 0.2) is 0 Å². The molecule has 0 aliphatic heterocycles. The molecule has 210 valence electrons. The van der Waals surface area contributed by atoms with Gasteiger partial charge in [0.05, 0.1) is 22.1 Å². The molecule has 2 heteroatoms. The van der Waals surface area contributed by atoms with E-state index >= 15 is 0 Å². The minimum Gasteiger partial charge on any atom is -0.254 e. The van der Waals surface area contributed by atoms with Gasteiger partial charge in [-0.3, -0.25) is 4.98 Å². The molecule has 0 amide bonds. The first-order valence-electron chi connectivity index (χ1n) is 15.4. The average Bonchev–Trinajstić information content (AvgIpc) is 3.42. The van der Waals surface area contributed by atoms with Gasteiger partial charge in [0.25, 0.3) is 0 Å². The lowest BCUT2D eigenvalue weighted by atomic mass is 9.67. The zero-order chi connectivity index (χ0) is 29.8. The van der Waals surface area contributed by atoms with Gasteiger partial charge in [-0.25, -0.2) is 4.98 Å². The Balaban J connectivity index is 1.42. The van der Waals surface area contributed by atoms with Crippen LogP contribution in [0.4, 0.5) is 0 Å². The van der Waals surface area contributed by atoms with Gasteiger partial charge in [0.2, 0.25) is 0 Å². The van der Waals surface area contributed by atoms with Crippen molar-refractivity contribution in [2.45, 2.75) is 5.41 Å². The molecule has 2 nitrogen and oxygen atoms in total. The van der Waals surface area contributed by atoms with E-state index in [1.807, 2.05) is 12.3 Å². The number of aromatic nitrogens is 2. The summed E-state index contributed by atoms with van der Waals surface area (Å²) in [7, 11) is 0. The van der Waals surface area contributed by atoms with Crippen LogP contribution >= 0.6 is 0 Å². The van der Waals surface area contributed by atoms with Gasteiger partial charge in [0.1, 0.15) is 0 Å². The van der Waals surface area contributed by atoms with E-state index in [0.717, 1.165) is 33.1 Å². The van der Waals surface area contributed by atoms with E-state index in [1.165, 1.54) is 44.5 Å². The molecule has 0 fully saturated rings. The topological polar surface area (TPSA) is 25.8 Å². The minimum absolute atomic E-state index is 0.483. The lowest BCUT2D eigenvalue weighted by molar-refractivity contribution is 0.769. The maximum atomic E-state index is 5.37. The van der Waals surface area contributed by atoms with Crippen molar-refractivity contribution in [3.63, 3.8) is 0 Å². The smallest absolute Gasteiger partial charge is 0.0972 e. The molecular weight excluding hydrogens is 544 g/mol. The average molecular weight is 573 g/mol. The Kier molecular flexibility index (Phi) is 5.76. The van der Waals surface area contributed by atoms with Crippen LogP contribution in [0.15, 0.2) is 170 Å². The van der Waals surface area contributed by atoms with E-state index in [9.17, 15) is 0 Å². The number of pyridine rings is 2. The molecule has 1 aliphatic rings. The zero-order valence-electron chi connectivity index (χ0n) is 24.6. The van der Waals surface area contributed by atoms with Gasteiger partial charge in [-0.15, -0.1) is 0 Å². The van der Waals surface area contributed by atoms with Crippen LogP contribution in [-0.4, -0.2) is 9.97 Å². The Labute approximate surface area is 262 Å². The number of benzene rings is 6. The van der Waals surface area contributed by atoms with Crippen molar-refractivity contribution in [3.8, 4) is 33.5 Å². The highest BCUT2D eigenvalue weighted by Gasteiger charge is 2.46. The van der Waals surface area contributed by atoms with E-state index in [1.54, 1.807) is 0 Å². The van der Waals surface area contributed by atoms with E-state index in [4.69, 9.17) is 9.97 Å². The van der Waals surface area contributed by atoms with E-state index in [2.05, 4.69) is 158 Å². The number of rotatable bonds is 4. The summed E-state index contributed by atoms with van der Waals surface area (Å²) in [5.74, 6) is 0. The number of fused-ring (bicyclic) bond motifs is 6. The van der Waals surface area contributed by atoms with Crippen LogP contribution in [0.2, 0.25) is 0 Å². The summed E-state index contributed by atoms with van der Waals surface area (Å²) in [6.07, 6.45) is 1.85. The maximum Gasteiger partial charge on any atom is 0.0972 e. The fourth-order valence-corrected chi connectivity index (χ4v) is 7.43. The van der Waals surface area contributed by atoms with E-state index in [0.29, 0.717) is 0 Å². The summed E-state index contributed by atoms with van der Waals surface area (Å²) < 4.78 is 0. The van der Waals surface area contributed by atoms with Crippen LogP contribution in [-0.2, 0) is 5.41 Å². The lowest BCUT2D eigenvalue weighted by Gasteiger charge is -2.34. The highest BCUT2D eigenvalue weighted by molar-refractivity contribution is 6.04. The van der Waals surface area contributed by atoms with E-state index < -0.39 is 5.41 Å². The van der Waals surface area contributed by atoms with Crippen LogP contribution in [0.25, 0.3) is 55.3 Å². The molecule has 0 bridgehead atoms. The first-order chi connectivity index (χ1) is 22.3. The quantitative estimate of drug-likeness (QED) is 0.196. The third kappa shape index (κ3) is 3.82. The van der Waals surface area contributed by atoms with Crippen LogP contribution in [0.3, 0.4) is 0 Å². The molecule has 6 aromatic carbocycles. The highest BCUT2D eigenvalue weighted by atomic mass is 14.8. The van der Waals surface area contributed by atoms with E-state index in [-0.39, 0.29) is 0 Å². The van der Waals surface area contributed by atoms with Crippen molar-refractivity contribution in [1.29, 1.82) is 0 Å². The molecule has 0 spiro atoms. The Hall–Kier alpha value is -5.86. The summed E-state index contributed by atoms with van der Waals surface area (Å²) in [5.41, 5.74) is 13.4. The van der Waals surface area contributed by atoms with Crippen molar-refractivity contribution in [3.05, 3.63) is 192 Å². The van der Waals surface area contributed by atoms with Crippen LogP contribution in [0.1, 0.15) is 22.3 Å². The third-order valence-corrected chi connectivity index (χ3v) is 9.39. The van der Waals surface area contributed by atoms with Crippen LogP contribution in [0.5, 0.6) is 0 Å². The van der Waals surface area contributed by atoms with Gasteiger partial charge in [-0.2, -0.15) is 0 Å². The Morgan fingerprint density at radius 1 is 0.400 bits per heavy atom. The predicted molar refractivity (Wildman–Crippen MR) is 185 cm³/mol. The molecule has 9 rings (SSSR count). The molecule has 0 saturated carbocycles. The second kappa shape index (κ2) is 10.1. The molecule has 0 saturated heterocycles. The Morgan fingerprint density at radius 3 is 1.76 bits per heavy atom. The zero-order valence-corrected chi connectivity index (χ0v) is 24.6. The largest absolute Gasteiger partial charge is 0.254 e. The van der Waals surface area contributed by atoms with Gasteiger partial charge in [-0.05, 0) is 68.8 Å². The monoisotopic (exact) mass is 572 g/mol. The summed E-state index contributed by atoms with van der Waals surface area (Å²) in [6.45, 7) is 0. The first kappa shape index (κ1) is 25.6. The Bertz CT molecular complexity index is 2320. The second-order valence-electron chi connectivity index (χ2n) is 11.7. The summed E-state index contributed by atoms with van der Waals surface area (Å²) in [4.78, 5) is 10.1. The molecule has 8 aromatic rings. The molecule has 0 atom stereocenters. The van der Waals surface area contributed by atoms with Crippen LogP contribution < -0.4 is 0 Å². The maximum absolute atomic E-state index is 5.37. The highest BCUT2D eigenvalue weighted by Crippen LogP contribution is 2.57. The van der Waals surface area contributed by atoms with Gasteiger partial charge < -0.3 is 0 Å². The molecule has 0 N–H and O–H groups in total. The normalized spacial score (nSPS) is 13.1. The molecule has 2 aromatic heterocycles. The molecule has 1 aliphatic carbocycles. The third-order valence-electron chi connectivity index (χ3n) is 9.39. The minimum atomic E-state index is -0.483. The van der Waals surface area contributed by atoms with Crippen molar-refractivity contribution in [2.75, 3.05) is 0 Å². The van der Waals surface area contributed by atoms with Gasteiger partial charge in [-0.1, -0.05) is 140 Å². The van der Waals surface area contributed by atoms with Crippen LogP contribution in [0, 0.1) is 0 Å². The molecule has 0 radical (unpaired) electrons. The standard InChI is InChI=1S/C43H28N2/c1-4-13-29(14-5-1)35-27-36-34-20-10-11-21-38(34)43(32-16-6-2-7-17-32,33-18-8-3-9-19-33)39(36)28-37(35)40-25-24-31-23-22-30-15-12-26-44-41(30)42(31)45-40/h1-28H. The van der Waals surface area contributed by atoms with Crippen molar-refractivity contribution in [2.24, 2.45) is 0 Å². The molecule has 2 heterocycles. The van der Waals surface area contributed by atoms with Crippen molar-refractivity contribution >= 4 is 21.8 Å². The number of nitrogens with zero attached hydrogens (tertiary/aromatic N) is 2. The molecular formula is C43H28N2. The number of hydrogen-bond acceptors (Lipinski definition) is 2. The summed E-state index contributed by atoms with van der Waals surface area (Å²) in [5, 5.41) is 2.18. The Morgan fingerprint density at radius 2 is 1.02 bits per heavy atom. The summed E-state index contributed by atoms with van der Waals surface area (Å²) in [6, 6.07) is 59.1.